The summed E-state index contributed by atoms with van der Waals surface area (Å²) in [6.07, 6.45) is 3.84. The van der Waals surface area contributed by atoms with Gasteiger partial charge in [0.25, 0.3) is 0 Å². The summed E-state index contributed by atoms with van der Waals surface area (Å²) in [6.45, 7) is 4.16. The second kappa shape index (κ2) is 7.43. The van der Waals surface area contributed by atoms with Gasteiger partial charge in [-0.2, -0.15) is 0 Å². The molecule has 118 valence electrons. The number of piperazine rings is 1. The van der Waals surface area contributed by atoms with Gasteiger partial charge in [0.05, 0.1) is 7.11 Å². The van der Waals surface area contributed by atoms with E-state index < -0.39 is 0 Å². The number of ether oxygens (including phenoxy) is 1. The largest absolute Gasteiger partial charge is 0.494 e. The summed E-state index contributed by atoms with van der Waals surface area (Å²) in [5, 5.41) is 3.39. The van der Waals surface area contributed by atoms with Crippen LogP contribution in [0.1, 0.15) is 30.9 Å². The van der Waals surface area contributed by atoms with Crippen LogP contribution in [0.25, 0.3) is 0 Å². The Hall–Kier alpha value is -0.840. The monoisotopic (exact) mass is 314 g/mol. The van der Waals surface area contributed by atoms with Gasteiger partial charge in [-0.15, -0.1) is 12.4 Å². The van der Waals surface area contributed by atoms with E-state index in [1.807, 2.05) is 6.07 Å². The lowest BCUT2D eigenvalue weighted by atomic mass is 9.76. The van der Waals surface area contributed by atoms with Crippen molar-refractivity contribution >= 4 is 12.4 Å². The predicted octanol–water partition coefficient (Wildman–Crippen LogP) is 3.00. The molecule has 1 heterocycles. The van der Waals surface area contributed by atoms with Gasteiger partial charge in [-0.25, -0.2) is 4.39 Å². The van der Waals surface area contributed by atoms with Crippen molar-refractivity contribution in [3.8, 4) is 5.75 Å². The molecule has 0 unspecified atom stereocenters. The van der Waals surface area contributed by atoms with Crippen LogP contribution in [0, 0.1) is 11.7 Å². The van der Waals surface area contributed by atoms with Crippen molar-refractivity contribution in [2.45, 2.75) is 25.3 Å². The molecule has 0 amide bonds. The third-order valence-corrected chi connectivity index (χ3v) is 4.66. The number of nitrogens with zero attached hydrogens (tertiary/aromatic N) is 1. The molecule has 0 spiro atoms. The summed E-state index contributed by atoms with van der Waals surface area (Å²) in [6, 6.07) is 5.83. The molecule has 0 radical (unpaired) electrons. The zero-order valence-corrected chi connectivity index (χ0v) is 13.3. The molecule has 1 saturated carbocycles. The second-order valence-corrected chi connectivity index (χ2v) is 5.82. The van der Waals surface area contributed by atoms with E-state index in [0.717, 1.165) is 31.7 Å². The topological polar surface area (TPSA) is 24.5 Å². The molecule has 0 aromatic heterocycles. The molecule has 5 heteroatoms. The van der Waals surface area contributed by atoms with Gasteiger partial charge in [0.15, 0.2) is 11.6 Å². The SMILES string of the molecule is COc1ccc([C@H](C2CCC2)N2CCNCC2)cc1F.Cl. The van der Waals surface area contributed by atoms with Gasteiger partial charge in [-0.1, -0.05) is 12.5 Å². The first-order valence-corrected chi connectivity index (χ1v) is 7.58. The third kappa shape index (κ3) is 3.50. The Morgan fingerprint density at radius 3 is 2.52 bits per heavy atom. The zero-order chi connectivity index (χ0) is 13.9. The van der Waals surface area contributed by atoms with Crippen LogP contribution in [-0.4, -0.2) is 38.2 Å². The van der Waals surface area contributed by atoms with Crippen molar-refractivity contribution in [3.63, 3.8) is 0 Å². The maximum absolute atomic E-state index is 14.0. The fourth-order valence-corrected chi connectivity index (χ4v) is 3.36. The second-order valence-electron chi connectivity index (χ2n) is 5.82. The van der Waals surface area contributed by atoms with Gasteiger partial charge in [-0.05, 0) is 36.5 Å². The zero-order valence-electron chi connectivity index (χ0n) is 12.5. The highest BCUT2D eigenvalue weighted by Crippen LogP contribution is 2.42. The number of methoxy groups -OCH3 is 1. The van der Waals surface area contributed by atoms with Crippen molar-refractivity contribution in [1.29, 1.82) is 0 Å². The van der Waals surface area contributed by atoms with Crippen LogP contribution in [0.5, 0.6) is 5.75 Å². The molecule has 2 fully saturated rings. The van der Waals surface area contributed by atoms with Gasteiger partial charge in [0.2, 0.25) is 0 Å². The van der Waals surface area contributed by atoms with Crippen LogP contribution in [0.4, 0.5) is 4.39 Å². The average Bonchev–Trinajstić information content (AvgIpc) is 2.43. The van der Waals surface area contributed by atoms with E-state index in [9.17, 15) is 4.39 Å². The van der Waals surface area contributed by atoms with Gasteiger partial charge in [0.1, 0.15) is 0 Å². The molecular formula is C16H24ClFN2O. The number of halogens is 2. The Morgan fingerprint density at radius 2 is 2.00 bits per heavy atom. The highest BCUT2D eigenvalue weighted by Gasteiger charge is 2.33. The highest BCUT2D eigenvalue weighted by atomic mass is 35.5. The van der Waals surface area contributed by atoms with Crippen LogP contribution >= 0.6 is 12.4 Å². The molecule has 1 N–H and O–H groups in total. The lowest BCUT2D eigenvalue weighted by Gasteiger charge is -2.43. The molecule has 0 bridgehead atoms. The smallest absolute Gasteiger partial charge is 0.165 e. The predicted molar refractivity (Wildman–Crippen MR) is 84.7 cm³/mol. The summed E-state index contributed by atoms with van der Waals surface area (Å²) in [5.41, 5.74) is 1.11. The van der Waals surface area contributed by atoms with Crippen molar-refractivity contribution in [2.24, 2.45) is 5.92 Å². The normalized spacial score (nSPS) is 21.2. The number of hydrogen-bond acceptors (Lipinski definition) is 3. The van der Waals surface area contributed by atoms with Crippen LogP contribution < -0.4 is 10.1 Å². The molecular weight excluding hydrogens is 291 g/mol. The van der Waals surface area contributed by atoms with E-state index >= 15 is 0 Å². The quantitative estimate of drug-likeness (QED) is 0.924. The Kier molecular flexibility index (Phi) is 5.85. The van der Waals surface area contributed by atoms with E-state index in [4.69, 9.17) is 4.74 Å². The van der Waals surface area contributed by atoms with Gasteiger partial charge < -0.3 is 10.1 Å². The summed E-state index contributed by atoms with van der Waals surface area (Å²) >= 11 is 0. The van der Waals surface area contributed by atoms with Crippen LogP contribution in [0.15, 0.2) is 18.2 Å². The van der Waals surface area contributed by atoms with Crippen molar-refractivity contribution < 1.29 is 9.13 Å². The molecule has 1 aliphatic carbocycles. The summed E-state index contributed by atoms with van der Waals surface area (Å²) < 4.78 is 19.0. The lowest BCUT2D eigenvalue weighted by molar-refractivity contribution is 0.0834. The fraction of sp³-hybridized carbons (Fsp3) is 0.625. The van der Waals surface area contributed by atoms with E-state index in [2.05, 4.69) is 10.2 Å². The minimum Gasteiger partial charge on any atom is -0.494 e. The number of rotatable bonds is 4. The Balaban J connectivity index is 0.00000161. The summed E-state index contributed by atoms with van der Waals surface area (Å²) in [4.78, 5) is 2.52. The standard InChI is InChI=1S/C16H23FN2O.ClH/c1-20-15-6-5-13(11-14(15)17)16(12-3-2-4-12)19-9-7-18-8-10-19;/h5-6,11-12,16,18H,2-4,7-10H2,1H3;1H/t16-;/m0./s1. The highest BCUT2D eigenvalue weighted by molar-refractivity contribution is 5.85. The van der Waals surface area contributed by atoms with E-state index in [1.54, 1.807) is 12.1 Å². The molecule has 2 aliphatic rings. The van der Waals surface area contributed by atoms with Crippen LogP contribution in [-0.2, 0) is 0 Å². The molecule has 3 rings (SSSR count). The van der Waals surface area contributed by atoms with Gasteiger partial charge in [-0.3, -0.25) is 4.90 Å². The molecule has 3 nitrogen and oxygen atoms in total. The van der Waals surface area contributed by atoms with Crippen molar-refractivity contribution in [1.82, 2.24) is 10.2 Å². The van der Waals surface area contributed by atoms with E-state index in [0.29, 0.717) is 17.7 Å². The molecule has 21 heavy (non-hydrogen) atoms. The Bertz CT molecular complexity index is 462. The first-order chi connectivity index (χ1) is 9.79. The Morgan fingerprint density at radius 1 is 1.29 bits per heavy atom. The minimum atomic E-state index is -0.246. The molecule has 1 aromatic rings. The molecule has 1 aliphatic heterocycles. The molecule has 1 atom stereocenters. The van der Waals surface area contributed by atoms with Gasteiger partial charge in [0, 0.05) is 32.2 Å². The first-order valence-electron chi connectivity index (χ1n) is 7.58. The average molecular weight is 315 g/mol. The number of nitrogens with one attached hydrogen (secondary N) is 1. The third-order valence-electron chi connectivity index (χ3n) is 4.66. The fourth-order valence-electron chi connectivity index (χ4n) is 3.36. The van der Waals surface area contributed by atoms with Crippen molar-refractivity contribution in [2.75, 3.05) is 33.3 Å². The van der Waals surface area contributed by atoms with E-state index in [1.165, 1.54) is 26.4 Å². The summed E-state index contributed by atoms with van der Waals surface area (Å²) in [5.74, 6) is 0.770. The van der Waals surface area contributed by atoms with Crippen molar-refractivity contribution in [3.05, 3.63) is 29.6 Å². The van der Waals surface area contributed by atoms with Gasteiger partial charge >= 0.3 is 0 Å². The Labute approximate surface area is 132 Å². The first kappa shape index (κ1) is 16.5. The maximum Gasteiger partial charge on any atom is 0.165 e. The minimum absolute atomic E-state index is 0. The molecule has 1 saturated heterocycles. The van der Waals surface area contributed by atoms with Crippen LogP contribution in [0.2, 0.25) is 0 Å². The van der Waals surface area contributed by atoms with E-state index in [-0.39, 0.29) is 18.2 Å². The summed E-state index contributed by atoms with van der Waals surface area (Å²) in [7, 11) is 1.51. The number of hydrogen-bond donors (Lipinski definition) is 1. The maximum atomic E-state index is 14.0. The lowest BCUT2D eigenvalue weighted by Crippen LogP contribution is -2.47. The number of benzene rings is 1. The molecule has 1 aromatic carbocycles. The van der Waals surface area contributed by atoms with Crippen LogP contribution in [0.3, 0.4) is 0 Å².